The Balaban J connectivity index is 2.09. The first-order chi connectivity index (χ1) is 11.2. The lowest BCUT2D eigenvalue weighted by atomic mass is 10.0. The molecule has 2 aromatic rings. The number of nitrogens with zero attached hydrogens (tertiary/aromatic N) is 1. The number of benzene rings is 1. The van der Waals surface area contributed by atoms with Crippen LogP contribution in [0.1, 0.15) is 24.9 Å². The molecule has 0 fully saturated rings. The second kappa shape index (κ2) is 8.33. The van der Waals surface area contributed by atoms with Crippen molar-refractivity contribution in [3.8, 4) is 11.5 Å². The lowest BCUT2D eigenvalue weighted by Gasteiger charge is -2.21. The number of pyridine rings is 1. The third kappa shape index (κ3) is 4.56. The molecule has 1 aromatic carbocycles. The maximum Gasteiger partial charge on any atom is 0.171 e. The number of ether oxygens (including phenoxy) is 2. The minimum absolute atomic E-state index is 0.0754. The molecule has 2 N–H and O–H groups in total. The molecule has 1 aromatic heterocycles. The van der Waals surface area contributed by atoms with E-state index >= 15 is 0 Å². The van der Waals surface area contributed by atoms with E-state index in [0.29, 0.717) is 16.6 Å². The molecule has 0 aliphatic heterocycles. The van der Waals surface area contributed by atoms with E-state index in [2.05, 4.69) is 22.5 Å². The fourth-order valence-corrected chi connectivity index (χ4v) is 2.51. The molecule has 1 atom stereocenters. The summed E-state index contributed by atoms with van der Waals surface area (Å²) in [4.78, 5) is 4.06. The number of aromatic nitrogens is 1. The third-order valence-electron chi connectivity index (χ3n) is 3.44. The van der Waals surface area contributed by atoms with E-state index in [0.717, 1.165) is 17.7 Å². The molecule has 0 saturated heterocycles. The van der Waals surface area contributed by atoms with Gasteiger partial charge in [0.2, 0.25) is 0 Å². The van der Waals surface area contributed by atoms with Crippen molar-refractivity contribution in [2.75, 3.05) is 19.5 Å². The smallest absolute Gasteiger partial charge is 0.171 e. The first kappa shape index (κ1) is 17.0. The maximum absolute atomic E-state index is 5.38. The summed E-state index contributed by atoms with van der Waals surface area (Å²) >= 11 is 5.38. The number of hydrogen-bond acceptors (Lipinski definition) is 4. The molecule has 0 saturated carbocycles. The highest BCUT2D eigenvalue weighted by molar-refractivity contribution is 7.80. The molecule has 0 amide bonds. The van der Waals surface area contributed by atoms with Gasteiger partial charge in [0.05, 0.1) is 32.1 Å². The molecular weight excluding hydrogens is 310 g/mol. The number of rotatable bonds is 6. The van der Waals surface area contributed by atoms with E-state index in [4.69, 9.17) is 21.7 Å². The molecule has 6 heteroatoms. The van der Waals surface area contributed by atoms with Gasteiger partial charge in [-0.1, -0.05) is 13.0 Å². The molecule has 0 spiro atoms. The van der Waals surface area contributed by atoms with E-state index in [1.54, 1.807) is 26.6 Å². The molecule has 0 aliphatic carbocycles. The highest BCUT2D eigenvalue weighted by atomic mass is 32.1. The van der Waals surface area contributed by atoms with E-state index in [-0.39, 0.29) is 6.04 Å². The summed E-state index contributed by atoms with van der Waals surface area (Å²) in [7, 11) is 3.25. The lowest BCUT2D eigenvalue weighted by Crippen LogP contribution is -2.32. The van der Waals surface area contributed by atoms with Crippen molar-refractivity contribution in [2.45, 2.75) is 19.4 Å². The van der Waals surface area contributed by atoms with E-state index in [1.807, 2.05) is 30.3 Å². The molecular formula is C17H21N3O2S. The molecule has 5 nitrogen and oxygen atoms in total. The molecule has 0 aliphatic rings. The predicted molar refractivity (Wildman–Crippen MR) is 96.2 cm³/mol. The van der Waals surface area contributed by atoms with Crippen LogP contribution in [-0.4, -0.2) is 24.3 Å². The third-order valence-corrected chi connectivity index (χ3v) is 3.66. The zero-order valence-electron chi connectivity index (χ0n) is 13.5. The highest BCUT2D eigenvalue weighted by Crippen LogP contribution is 2.30. The number of hydrogen-bond donors (Lipinski definition) is 2. The fourth-order valence-electron chi connectivity index (χ4n) is 2.25. The summed E-state index contributed by atoms with van der Waals surface area (Å²) in [5, 5.41) is 7.00. The van der Waals surface area contributed by atoms with Gasteiger partial charge in [-0.05, 0) is 48.5 Å². The van der Waals surface area contributed by atoms with Gasteiger partial charge in [-0.15, -0.1) is 0 Å². The second-order valence-electron chi connectivity index (χ2n) is 4.92. The number of anilines is 1. The van der Waals surface area contributed by atoms with Crippen LogP contribution in [-0.2, 0) is 0 Å². The fraction of sp³-hybridized carbons (Fsp3) is 0.294. The summed E-state index contributed by atoms with van der Waals surface area (Å²) in [5.41, 5.74) is 1.94. The second-order valence-corrected chi connectivity index (χ2v) is 5.32. The number of nitrogens with one attached hydrogen (secondary N) is 2. The Morgan fingerprint density at radius 1 is 1.22 bits per heavy atom. The maximum atomic E-state index is 5.38. The van der Waals surface area contributed by atoms with E-state index < -0.39 is 0 Å². The van der Waals surface area contributed by atoms with Gasteiger partial charge in [0, 0.05) is 6.20 Å². The highest BCUT2D eigenvalue weighted by Gasteiger charge is 2.14. The van der Waals surface area contributed by atoms with Crippen molar-refractivity contribution in [3.63, 3.8) is 0 Å². The molecule has 23 heavy (non-hydrogen) atoms. The van der Waals surface area contributed by atoms with Crippen LogP contribution in [0.15, 0.2) is 42.7 Å². The van der Waals surface area contributed by atoms with Crippen LogP contribution in [0.4, 0.5) is 5.69 Å². The van der Waals surface area contributed by atoms with Gasteiger partial charge in [-0.2, -0.15) is 0 Å². The molecule has 0 unspecified atom stereocenters. The van der Waals surface area contributed by atoms with Crippen LogP contribution in [0.25, 0.3) is 0 Å². The van der Waals surface area contributed by atoms with Crippen LogP contribution in [0, 0.1) is 0 Å². The average molecular weight is 331 g/mol. The Hall–Kier alpha value is -2.34. The molecule has 122 valence electrons. The lowest BCUT2D eigenvalue weighted by molar-refractivity contribution is 0.354. The first-order valence-electron chi connectivity index (χ1n) is 7.37. The summed E-state index contributed by atoms with van der Waals surface area (Å²) in [6.07, 6.45) is 4.33. The van der Waals surface area contributed by atoms with Crippen LogP contribution < -0.4 is 20.1 Å². The quantitative estimate of drug-likeness (QED) is 0.790. The van der Waals surface area contributed by atoms with Crippen molar-refractivity contribution in [1.29, 1.82) is 0 Å². The number of thiocarbonyl (C=S) groups is 1. The van der Waals surface area contributed by atoms with E-state index in [1.165, 1.54) is 0 Å². The Bertz CT molecular complexity index is 650. The molecule has 0 bridgehead atoms. The minimum atomic E-state index is 0.0754. The van der Waals surface area contributed by atoms with Crippen LogP contribution in [0.3, 0.4) is 0 Å². The Kier molecular flexibility index (Phi) is 6.17. The average Bonchev–Trinajstić information content (AvgIpc) is 2.60. The van der Waals surface area contributed by atoms with Gasteiger partial charge in [-0.25, -0.2) is 0 Å². The van der Waals surface area contributed by atoms with Crippen LogP contribution in [0.2, 0.25) is 0 Å². The Labute approximate surface area is 142 Å². The molecule has 1 heterocycles. The topological polar surface area (TPSA) is 55.4 Å². The molecule has 2 rings (SSSR count). The van der Waals surface area contributed by atoms with Crippen molar-refractivity contribution in [3.05, 3.63) is 48.3 Å². The van der Waals surface area contributed by atoms with Gasteiger partial charge in [0.1, 0.15) is 0 Å². The van der Waals surface area contributed by atoms with Crippen molar-refractivity contribution in [1.82, 2.24) is 10.3 Å². The molecule has 0 radical (unpaired) electrons. The van der Waals surface area contributed by atoms with Crippen LogP contribution in [0.5, 0.6) is 11.5 Å². The van der Waals surface area contributed by atoms with Crippen molar-refractivity contribution < 1.29 is 9.47 Å². The monoisotopic (exact) mass is 331 g/mol. The Morgan fingerprint density at radius 2 is 2.00 bits per heavy atom. The zero-order valence-corrected chi connectivity index (χ0v) is 14.3. The van der Waals surface area contributed by atoms with Gasteiger partial charge >= 0.3 is 0 Å². The van der Waals surface area contributed by atoms with Crippen LogP contribution >= 0.6 is 12.2 Å². The minimum Gasteiger partial charge on any atom is -0.493 e. The summed E-state index contributed by atoms with van der Waals surface area (Å²) in [5.74, 6) is 1.42. The first-order valence-corrected chi connectivity index (χ1v) is 7.78. The normalized spacial score (nSPS) is 11.4. The van der Waals surface area contributed by atoms with E-state index in [9.17, 15) is 0 Å². The van der Waals surface area contributed by atoms with Crippen molar-refractivity contribution in [2.24, 2.45) is 0 Å². The number of methoxy groups -OCH3 is 2. The Morgan fingerprint density at radius 3 is 2.61 bits per heavy atom. The van der Waals surface area contributed by atoms with Gasteiger partial charge in [0.25, 0.3) is 0 Å². The predicted octanol–water partition coefficient (Wildman–Crippen LogP) is 3.54. The van der Waals surface area contributed by atoms with Gasteiger partial charge < -0.3 is 20.1 Å². The van der Waals surface area contributed by atoms with Crippen molar-refractivity contribution >= 4 is 23.0 Å². The largest absolute Gasteiger partial charge is 0.493 e. The van der Waals surface area contributed by atoms with Gasteiger partial charge in [-0.3, -0.25) is 4.98 Å². The summed E-state index contributed by atoms with van der Waals surface area (Å²) in [6, 6.07) is 9.72. The SMILES string of the molecule is CC[C@H](NC(=S)Nc1cccnc1)c1ccc(OC)c(OC)c1. The summed E-state index contributed by atoms with van der Waals surface area (Å²) < 4.78 is 10.6. The standard InChI is InChI=1S/C17H21N3O2S/c1-4-14(12-7-8-15(21-2)16(10-12)22-3)20-17(23)19-13-6-5-9-18-11-13/h5-11,14H,4H2,1-3H3,(H2,19,20,23)/t14-/m0/s1. The zero-order chi connectivity index (χ0) is 16.7. The summed E-state index contributed by atoms with van der Waals surface area (Å²) in [6.45, 7) is 2.10. The van der Waals surface area contributed by atoms with Gasteiger partial charge in [0.15, 0.2) is 16.6 Å².